The third kappa shape index (κ3) is 1.94. The van der Waals surface area contributed by atoms with Crippen LogP contribution < -0.4 is 10.6 Å². The minimum Gasteiger partial charge on any atom is -0.446 e. The van der Waals surface area contributed by atoms with E-state index in [4.69, 9.17) is 10.2 Å². The molecule has 2 rings (SSSR count). The first-order valence-electron chi connectivity index (χ1n) is 5.06. The SMILES string of the molecule is CN(CCCN)c1ccnc2occc12. The van der Waals surface area contributed by atoms with Crippen LogP contribution >= 0.6 is 0 Å². The number of furan rings is 1. The van der Waals surface area contributed by atoms with E-state index in [-0.39, 0.29) is 0 Å². The maximum atomic E-state index is 5.49. The first-order chi connectivity index (χ1) is 7.33. The molecule has 80 valence electrons. The fourth-order valence-electron chi connectivity index (χ4n) is 1.64. The lowest BCUT2D eigenvalue weighted by Gasteiger charge is -2.19. The Hall–Kier alpha value is -1.55. The Bertz CT molecular complexity index is 438. The monoisotopic (exact) mass is 205 g/mol. The Kier molecular flexibility index (Phi) is 2.87. The first-order valence-corrected chi connectivity index (χ1v) is 5.06. The van der Waals surface area contributed by atoms with E-state index in [2.05, 4.69) is 16.9 Å². The summed E-state index contributed by atoms with van der Waals surface area (Å²) in [6.07, 6.45) is 4.41. The second-order valence-corrected chi connectivity index (χ2v) is 3.53. The average Bonchev–Trinajstić information content (AvgIpc) is 2.73. The summed E-state index contributed by atoms with van der Waals surface area (Å²) in [6.45, 7) is 1.66. The smallest absolute Gasteiger partial charge is 0.227 e. The van der Waals surface area contributed by atoms with Crippen LogP contribution in [0.5, 0.6) is 0 Å². The van der Waals surface area contributed by atoms with E-state index in [0.29, 0.717) is 12.3 Å². The molecule has 2 N–H and O–H groups in total. The predicted octanol–water partition coefficient (Wildman–Crippen LogP) is 1.61. The summed E-state index contributed by atoms with van der Waals surface area (Å²) < 4.78 is 5.25. The standard InChI is InChI=1S/C11H15N3O/c1-14(7-2-5-12)10-3-6-13-11-9(10)4-8-15-11/h3-4,6,8H,2,5,7,12H2,1H3. The van der Waals surface area contributed by atoms with Crippen molar-refractivity contribution in [2.24, 2.45) is 5.73 Å². The highest BCUT2D eigenvalue weighted by Gasteiger charge is 2.07. The lowest BCUT2D eigenvalue weighted by atomic mass is 10.2. The quantitative estimate of drug-likeness (QED) is 0.824. The number of aromatic nitrogens is 1. The van der Waals surface area contributed by atoms with Crippen molar-refractivity contribution < 1.29 is 4.42 Å². The molecule has 0 aromatic carbocycles. The molecule has 4 heteroatoms. The maximum absolute atomic E-state index is 5.49. The zero-order valence-corrected chi connectivity index (χ0v) is 8.81. The second-order valence-electron chi connectivity index (χ2n) is 3.53. The zero-order valence-electron chi connectivity index (χ0n) is 8.81. The van der Waals surface area contributed by atoms with E-state index in [1.807, 2.05) is 12.1 Å². The molecular weight excluding hydrogens is 190 g/mol. The summed E-state index contributed by atoms with van der Waals surface area (Å²) in [4.78, 5) is 6.32. The molecule has 0 saturated heterocycles. The normalized spacial score (nSPS) is 10.8. The highest BCUT2D eigenvalue weighted by Crippen LogP contribution is 2.24. The Balaban J connectivity index is 2.29. The van der Waals surface area contributed by atoms with Crippen molar-refractivity contribution in [2.75, 3.05) is 25.0 Å². The van der Waals surface area contributed by atoms with Crippen LogP contribution in [0.1, 0.15) is 6.42 Å². The number of nitrogens with zero attached hydrogens (tertiary/aromatic N) is 2. The lowest BCUT2D eigenvalue weighted by molar-refractivity contribution is 0.603. The van der Waals surface area contributed by atoms with Crippen LogP contribution in [-0.4, -0.2) is 25.1 Å². The molecule has 0 aliphatic heterocycles. The molecule has 15 heavy (non-hydrogen) atoms. The molecule has 0 aliphatic rings. The zero-order chi connectivity index (χ0) is 10.7. The van der Waals surface area contributed by atoms with E-state index < -0.39 is 0 Å². The highest BCUT2D eigenvalue weighted by molar-refractivity contribution is 5.88. The van der Waals surface area contributed by atoms with Gasteiger partial charge in [-0.1, -0.05) is 0 Å². The molecule has 0 saturated carbocycles. The fourth-order valence-corrected chi connectivity index (χ4v) is 1.64. The van der Waals surface area contributed by atoms with Gasteiger partial charge in [0.1, 0.15) is 0 Å². The van der Waals surface area contributed by atoms with Crippen molar-refractivity contribution in [1.29, 1.82) is 0 Å². The van der Waals surface area contributed by atoms with Crippen LogP contribution in [-0.2, 0) is 0 Å². The van der Waals surface area contributed by atoms with Gasteiger partial charge in [-0.05, 0) is 25.1 Å². The first kappa shape index (κ1) is 9.98. The number of pyridine rings is 1. The number of anilines is 1. The van der Waals surface area contributed by atoms with Crippen molar-refractivity contribution >= 4 is 16.8 Å². The molecule has 0 spiro atoms. The third-order valence-electron chi connectivity index (χ3n) is 2.45. The van der Waals surface area contributed by atoms with Crippen LogP contribution in [0, 0.1) is 0 Å². The minimum atomic E-state index is 0.687. The fraction of sp³-hybridized carbons (Fsp3) is 0.364. The third-order valence-corrected chi connectivity index (χ3v) is 2.45. The minimum absolute atomic E-state index is 0.687. The van der Waals surface area contributed by atoms with Crippen molar-refractivity contribution in [3.63, 3.8) is 0 Å². The van der Waals surface area contributed by atoms with E-state index in [0.717, 1.165) is 24.0 Å². The van der Waals surface area contributed by atoms with Gasteiger partial charge in [0.15, 0.2) is 0 Å². The van der Waals surface area contributed by atoms with Gasteiger partial charge in [-0.25, -0.2) is 4.98 Å². The Morgan fingerprint density at radius 2 is 2.33 bits per heavy atom. The second kappa shape index (κ2) is 4.31. The molecule has 0 radical (unpaired) electrons. The Morgan fingerprint density at radius 3 is 3.13 bits per heavy atom. The maximum Gasteiger partial charge on any atom is 0.227 e. The van der Waals surface area contributed by atoms with Crippen LogP contribution in [0.15, 0.2) is 29.0 Å². The molecule has 0 amide bonds. The number of rotatable bonds is 4. The molecule has 2 aromatic heterocycles. The summed E-state index contributed by atoms with van der Waals surface area (Å²) in [5, 5.41) is 1.05. The van der Waals surface area contributed by atoms with E-state index in [1.54, 1.807) is 12.5 Å². The van der Waals surface area contributed by atoms with Gasteiger partial charge in [0.05, 0.1) is 17.3 Å². The molecule has 0 bridgehead atoms. The van der Waals surface area contributed by atoms with Gasteiger partial charge in [-0.3, -0.25) is 0 Å². The molecule has 4 nitrogen and oxygen atoms in total. The molecule has 2 aromatic rings. The van der Waals surface area contributed by atoms with Gasteiger partial charge in [0, 0.05) is 19.8 Å². The summed E-state index contributed by atoms with van der Waals surface area (Å²) in [5.41, 5.74) is 7.32. The highest BCUT2D eigenvalue weighted by atomic mass is 16.3. The van der Waals surface area contributed by atoms with Crippen LogP contribution in [0.4, 0.5) is 5.69 Å². The van der Waals surface area contributed by atoms with Crippen LogP contribution in [0.3, 0.4) is 0 Å². The molecular formula is C11H15N3O. The van der Waals surface area contributed by atoms with Gasteiger partial charge in [0.25, 0.3) is 0 Å². The average molecular weight is 205 g/mol. The molecule has 0 aliphatic carbocycles. The van der Waals surface area contributed by atoms with Crippen molar-refractivity contribution in [1.82, 2.24) is 4.98 Å². The van der Waals surface area contributed by atoms with Crippen LogP contribution in [0.25, 0.3) is 11.1 Å². The number of fused-ring (bicyclic) bond motifs is 1. The van der Waals surface area contributed by atoms with E-state index in [1.165, 1.54) is 0 Å². The molecule has 0 fully saturated rings. The number of hydrogen-bond donors (Lipinski definition) is 1. The van der Waals surface area contributed by atoms with Crippen molar-refractivity contribution in [2.45, 2.75) is 6.42 Å². The largest absolute Gasteiger partial charge is 0.446 e. The summed E-state index contributed by atoms with van der Waals surface area (Å²) in [6, 6.07) is 3.94. The Morgan fingerprint density at radius 1 is 1.47 bits per heavy atom. The van der Waals surface area contributed by atoms with Gasteiger partial charge >= 0.3 is 0 Å². The Labute approximate surface area is 88.7 Å². The lowest BCUT2D eigenvalue weighted by Crippen LogP contribution is -2.21. The van der Waals surface area contributed by atoms with Gasteiger partial charge in [0.2, 0.25) is 5.71 Å². The molecule has 2 heterocycles. The predicted molar refractivity (Wildman–Crippen MR) is 61.0 cm³/mol. The van der Waals surface area contributed by atoms with Gasteiger partial charge in [-0.15, -0.1) is 0 Å². The van der Waals surface area contributed by atoms with Gasteiger partial charge < -0.3 is 15.1 Å². The topological polar surface area (TPSA) is 55.3 Å². The van der Waals surface area contributed by atoms with Crippen molar-refractivity contribution in [3.8, 4) is 0 Å². The molecule has 0 unspecified atom stereocenters. The summed E-state index contributed by atoms with van der Waals surface area (Å²) >= 11 is 0. The van der Waals surface area contributed by atoms with Gasteiger partial charge in [-0.2, -0.15) is 0 Å². The van der Waals surface area contributed by atoms with E-state index in [9.17, 15) is 0 Å². The van der Waals surface area contributed by atoms with Crippen LogP contribution in [0.2, 0.25) is 0 Å². The van der Waals surface area contributed by atoms with Crippen molar-refractivity contribution in [3.05, 3.63) is 24.6 Å². The summed E-state index contributed by atoms with van der Waals surface area (Å²) in [5.74, 6) is 0. The molecule has 0 atom stereocenters. The summed E-state index contributed by atoms with van der Waals surface area (Å²) in [7, 11) is 2.05. The number of hydrogen-bond acceptors (Lipinski definition) is 4. The number of nitrogens with two attached hydrogens (primary N) is 1. The van der Waals surface area contributed by atoms with E-state index >= 15 is 0 Å².